The van der Waals surface area contributed by atoms with Crippen LogP contribution >= 0.6 is 0 Å². The van der Waals surface area contributed by atoms with Gasteiger partial charge in [0.05, 0.1) is 0 Å². The van der Waals surface area contributed by atoms with E-state index < -0.39 is 0 Å². The van der Waals surface area contributed by atoms with Gasteiger partial charge >= 0.3 is 0 Å². The first-order chi connectivity index (χ1) is 7.36. The highest BCUT2D eigenvalue weighted by Gasteiger charge is 2.59. The summed E-state index contributed by atoms with van der Waals surface area (Å²) in [7, 11) is 0. The van der Waals surface area contributed by atoms with Crippen LogP contribution in [0.4, 0.5) is 5.69 Å². The van der Waals surface area contributed by atoms with Gasteiger partial charge in [-0.25, -0.2) is 0 Å². The summed E-state index contributed by atoms with van der Waals surface area (Å²) in [6.07, 6.45) is 3.47. The van der Waals surface area contributed by atoms with E-state index in [1.807, 2.05) is 6.07 Å². The number of aryl methyl sites for hydroxylation is 1. The zero-order valence-corrected chi connectivity index (χ0v) is 8.52. The van der Waals surface area contributed by atoms with Crippen LogP contribution in [0.25, 0.3) is 0 Å². The van der Waals surface area contributed by atoms with Crippen molar-refractivity contribution in [3.63, 3.8) is 0 Å². The molecule has 1 aromatic carbocycles. The highest BCUT2D eigenvalue weighted by Crippen LogP contribution is 2.54. The summed E-state index contributed by atoms with van der Waals surface area (Å²) >= 11 is 0. The molecule has 3 atom stereocenters. The largest absolute Gasteiger partial charge is 0.309 e. The van der Waals surface area contributed by atoms with Gasteiger partial charge in [-0.05, 0) is 36.8 Å². The topological polar surface area (TPSA) is 20.3 Å². The van der Waals surface area contributed by atoms with Gasteiger partial charge in [0.1, 0.15) is 0 Å². The number of rotatable bonds is 0. The van der Waals surface area contributed by atoms with E-state index in [1.54, 1.807) is 0 Å². The molecule has 0 radical (unpaired) electrons. The minimum atomic E-state index is 0.376. The highest BCUT2D eigenvalue weighted by molar-refractivity contribution is 6.01. The minimum Gasteiger partial charge on any atom is -0.309 e. The zero-order valence-electron chi connectivity index (χ0n) is 8.52. The molecule has 4 rings (SSSR count). The summed E-state index contributed by atoms with van der Waals surface area (Å²) in [4.78, 5) is 14.2. The molecule has 2 aliphatic heterocycles. The summed E-state index contributed by atoms with van der Waals surface area (Å²) in [6.45, 7) is 0. The Morgan fingerprint density at radius 1 is 1.27 bits per heavy atom. The summed E-state index contributed by atoms with van der Waals surface area (Å²) in [5, 5.41) is 0. The predicted octanol–water partition coefficient (Wildman–Crippen LogP) is 1.98. The van der Waals surface area contributed by atoms with Gasteiger partial charge in [0.25, 0.3) is 0 Å². The van der Waals surface area contributed by atoms with Crippen molar-refractivity contribution >= 4 is 11.6 Å². The molecule has 3 unspecified atom stereocenters. The molecule has 2 fully saturated rings. The van der Waals surface area contributed by atoms with E-state index in [0.29, 0.717) is 23.8 Å². The van der Waals surface area contributed by atoms with Crippen molar-refractivity contribution in [1.29, 1.82) is 0 Å². The van der Waals surface area contributed by atoms with Gasteiger partial charge in [-0.1, -0.05) is 18.2 Å². The molecular formula is C13H13NO. The molecule has 1 aliphatic carbocycles. The molecule has 15 heavy (non-hydrogen) atoms. The molecule has 2 heterocycles. The fraction of sp³-hybridized carbons (Fsp3) is 0.462. The third-order valence-electron chi connectivity index (χ3n) is 4.18. The Morgan fingerprint density at radius 3 is 3.07 bits per heavy atom. The second-order valence-corrected chi connectivity index (χ2v) is 4.95. The Morgan fingerprint density at radius 2 is 2.13 bits per heavy atom. The van der Waals surface area contributed by atoms with E-state index in [2.05, 4.69) is 23.1 Å². The molecule has 0 bridgehead atoms. The lowest BCUT2D eigenvalue weighted by Gasteiger charge is -2.34. The number of hydrogen-bond acceptors (Lipinski definition) is 1. The fourth-order valence-electron chi connectivity index (χ4n) is 3.36. The lowest BCUT2D eigenvalue weighted by molar-refractivity contribution is -0.118. The Kier molecular flexibility index (Phi) is 1.28. The lowest BCUT2D eigenvalue weighted by Crippen LogP contribution is -2.40. The SMILES string of the molecule is O=C1C2CC2C2CCc3ccccc3N12. The van der Waals surface area contributed by atoms with E-state index in [0.717, 1.165) is 12.8 Å². The number of carbonyl (C=O) groups excluding carboxylic acids is 1. The number of anilines is 1. The van der Waals surface area contributed by atoms with E-state index in [4.69, 9.17) is 0 Å². The van der Waals surface area contributed by atoms with Crippen molar-refractivity contribution in [2.75, 3.05) is 4.90 Å². The molecule has 0 spiro atoms. The molecule has 1 saturated heterocycles. The van der Waals surface area contributed by atoms with Gasteiger partial charge in [-0.15, -0.1) is 0 Å². The van der Waals surface area contributed by atoms with Gasteiger partial charge in [-0.3, -0.25) is 4.79 Å². The van der Waals surface area contributed by atoms with Crippen molar-refractivity contribution in [2.24, 2.45) is 11.8 Å². The molecule has 2 heteroatoms. The average Bonchev–Trinajstić information content (AvgIpc) is 3.02. The quantitative estimate of drug-likeness (QED) is 0.625. The zero-order chi connectivity index (χ0) is 9.99. The predicted molar refractivity (Wildman–Crippen MR) is 57.6 cm³/mol. The number of carbonyl (C=O) groups is 1. The van der Waals surface area contributed by atoms with Crippen LogP contribution in [0.2, 0.25) is 0 Å². The first kappa shape index (κ1) is 7.91. The monoisotopic (exact) mass is 199 g/mol. The first-order valence-corrected chi connectivity index (χ1v) is 5.77. The Labute approximate surface area is 88.9 Å². The van der Waals surface area contributed by atoms with E-state index in [-0.39, 0.29) is 0 Å². The minimum absolute atomic E-state index is 0.376. The van der Waals surface area contributed by atoms with Crippen LogP contribution in [-0.4, -0.2) is 11.9 Å². The Hall–Kier alpha value is -1.31. The molecule has 0 N–H and O–H groups in total. The van der Waals surface area contributed by atoms with Crippen molar-refractivity contribution < 1.29 is 4.79 Å². The Balaban J connectivity index is 1.87. The van der Waals surface area contributed by atoms with Gasteiger partial charge in [0.15, 0.2) is 0 Å². The molecule has 1 amide bonds. The summed E-state index contributed by atoms with van der Waals surface area (Å²) in [5.74, 6) is 1.45. The molecular weight excluding hydrogens is 186 g/mol. The van der Waals surface area contributed by atoms with Gasteiger partial charge in [0.2, 0.25) is 5.91 Å². The molecule has 76 valence electrons. The maximum Gasteiger partial charge on any atom is 0.230 e. The molecule has 2 nitrogen and oxygen atoms in total. The van der Waals surface area contributed by atoms with Crippen molar-refractivity contribution in [3.8, 4) is 0 Å². The molecule has 1 saturated carbocycles. The molecule has 1 aromatic rings. The highest BCUT2D eigenvalue weighted by atomic mass is 16.2. The standard InChI is InChI=1S/C13H13NO/c15-13-10-7-9(10)12-6-5-8-3-1-2-4-11(8)14(12)13/h1-4,9-10,12H,5-7H2. The fourth-order valence-corrected chi connectivity index (χ4v) is 3.36. The number of hydrogen-bond donors (Lipinski definition) is 0. The second-order valence-electron chi connectivity index (χ2n) is 4.95. The summed E-state index contributed by atoms with van der Waals surface area (Å²) in [6, 6.07) is 8.89. The van der Waals surface area contributed by atoms with Crippen molar-refractivity contribution in [2.45, 2.75) is 25.3 Å². The normalized spacial score (nSPS) is 35.9. The molecule has 3 aliphatic rings. The number of piperidine rings is 1. The maximum atomic E-state index is 12.1. The van der Waals surface area contributed by atoms with Crippen LogP contribution in [0, 0.1) is 11.8 Å². The van der Waals surface area contributed by atoms with Crippen LogP contribution in [-0.2, 0) is 11.2 Å². The lowest BCUT2D eigenvalue weighted by atomic mass is 9.95. The average molecular weight is 199 g/mol. The van der Waals surface area contributed by atoms with Gasteiger partial charge in [-0.2, -0.15) is 0 Å². The number of amides is 1. The first-order valence-electron chi connectivity index (χ1n) is 5.77. The third kappa shape index (κ3) is 0.876. The van der Waals surface area contributed by atoms with Crippen LogP contribution in [0.5, 0.6) is 0 Å². The van der Waals surface area contributed by atoms with Crippen LogP contribution < -0.4 is 4.90 Å². The van der Waals surface area contributed by atoms with Gasteiger partial charge in [0, 0.05) is 17.6 Å². The number of benzene rings is 1. The van der Waals surface area contributed by atoms with Gasteiger partial charge < -0.3 is 4.90 Å². The number of fused-ring (bicyclic) bond motifs is 5. The number of para-hydroxylation sites is 1. The van der Waals surface area contributed by atoms with Crippen molar-refractivity contribution in [3.05, 3.63) is 29.8 Å². The third-order valence-corrected chi connectivity index (χ3v) is 4.18. The van der Waals surface area contributed by atoms with E-state index >= 15 is 0 Å². The number of nitrogens with zero attached hydrogens (tertiary/aromatic N) is 1. The van der Waals surface area contributed by atoms with Crippen LogP contribution in [0.15, 0.2) is 24.3 Å². The van der Waals surface area contributed by atoms with Crippen LogP contribution in [0.3, 0.4) is 0 Å². The van der Waals surface area contributed by atoms with E-state index in [1.165, 1.54) is 17.7 Å². The smallest absolute Gasteiger partial charge is 0.230 e. The van der Waals surface area contributed by atoms with Crippen molar-refractivity contribution in [1.82, 2.24) is 0 Å². The van der Waals surface area contributed by atoms with Crippen LogP contribution in [0.1, 0.15) is 18.4 Å². The van der Waals surface area contributed by atoms with E-state index in [9.17, 15) is 4.79 Å². The maximum absolute atomic E-state index is 12.1. The Bertz CT molecular complexity index is 454. The molecule has 0 aromatic heterocycles. The summed E-state index contributed by atoms with van der Waals surface area (Å²) < 4.78 is 0. The summed E-state index contributed by atoms with van der Waals surface area (Å²) in [5.41, 5.74) is 2.54. The second kappa shape index (κ2) is 2.43.